The van der Waals surface area contributed by atoms with Crippen LogP contribution in [-0.4, -0.2) is 35.2 Å². The molecule has 9 heteroatoms. The van der Waals surface area contributed by atoms with Crippen LogP contribution in [0, 0.1) is 5.82 Å². The van der Waals surface area contributed by atoms with Gasteiger partial charge in [-0.1, -0.05) is 23.2 Å². The highest BCUT2D eigenvalue weighted by Gasteiger charge is 2.19. The molecule has 0 aliphatic heterocycles. The number of carboxylic acid groups (broad SMARTS) is 1. The number of rotatable bonds is 6. The Labute approximate surface area is 135 Å². The highest BCUT2D eigenvalue weighted by Crippen LogP contribution is 2.27. The number of urea groups is 1. The molecule has 2 amide bonds. The predicted octanol–water partition coefficient (Wildman–Crippen LogP) is 3.46. The minimum absolute atomic E-state index is 0.165. The third-order valence-electron chi connectivity index (χ3n) is 2.46. The Hall–Kier alpha value is -1.18. The Kier molecular flexibility index (Phi) is 7.07. The number of hydrogen-bond acceptors (Lipinski definition) is 3. The van der Waals surface area contributed by atoms with Crippen LogP contribution in [-0.2, 0) is 4.79 Å². The quantitative estimate of drug-likeness (QED) is 0.683. The van der Waals surface area contributed by atoms with Crippen LogP contribution in [0.2, 0.25) is 10.0 Å². The SMILES string of the molecule is CSCC[C@@H](NC(=O)Nc1cc(Cl)c(F)c(Cl)c1)C(=O)O. The number of nitrogens with one attached hydrogen (secondary N) is 2. The van der Waals surface area contributed by atoms with Gasteiger partial charge >= 0.3 is 12.0 Å². The largest absolute Gasteiger partial charge is 0.480 e. The first-order valence-electron chi connectivity index (χ1n) is 5.79. The first-order chi connectivity index (χ1) is 9.85. The van der Waals surface area contributed by atoms with Gasteiger partial charge in [-0.2, -0.15) is 11.8 Å². The van der Waals surface area contributed by atoms with Crippen LogP contribution in [0.1, 0.15) is 6.42 Å². The van der Waals surface area contributed by atoms with Crippen LogP contribution in [0.25, 0.3) is 0 Å². The zero-order valence-corrected chi connectivity index (χ0v) is 13.3. The van der Waals surface area contributed by atoms with Crippen molar-refractivity contribution in [2.24, 2.45) is 0 Å². The highest BCUT2D eigenvalue weighted by molar-refractivity contribution is 7.98. The van der Waals surface area contributed by atoms with Crippen LogP contribution >= 0.6 is 35.0 Å². The Morgan fingerprint density at radius 3 is 2.43 bits per heavy atom. The van der Waals surface area contributed by atoms with Crippen LogP contribution in [0.3, 0.4) is 0 Å². The van der Waals surface area contributed by atoms with E-state index in [-0.39, 0.29) is 22.2 Å². The maximum atomic E-state index is 13.2. The maximum absolute atomic E-state index is 13.2. The van der Waals surface area contributed by atoms with E-state index in [9.17, 15) is 14.0 Å². The summed E-state index contributed by atoms with van der Waals surface area (Å²) in [5.74, 6) is -1.33. The Morgan fingerprint density at radius 2 is 1.95 bits per heavy atom. The molecule has 0 saturated heterocycles. The summed E-state index contributed by atoms with van der Waals surface area (Å²) in [4.78, 5) is 22.7. The van der Waals surface area contributed by atoms with E-state index in [1.807, 2.05) is 6.26 Å². The van der Waals surface area contributed by atoms with Crippen molar-refractivity contribution >= 4 is 52.7 Å². The van der Waals surface area contributed by atoms with Crippen LogP contribution in [0.15, 0.2) is 12.1 Å². The second-order valence-corrected chi connectivity index (χ2v) is 5.82. The molecule has 0 fully saturated rings. The van der Waals surface area contributed by atoms with Crippen molar-refractivity contribution in [1.29, 1.82) is 0 Å². The molecule has 1 aromatic rings. The van der Waals surface area contributed by atoms with Crippen molar-refractivity contribution in [2.45, 2.75) is 12.5 Å². The second kappa shape index (κ2) is 8.31. The van der Waals surface area contributed by atoms with Gasteiger partial charge in [-0.05, 0) is 30.6 Å². The van der Waals surface area contributed by atoms with Gasteiger partial charge < -0.3 is 15.7 Å². The number of carboxylic acids is 1. The first kappa shape index (κ1) is 17.9. The minimum Gasteiger partial charge on any atom is -0.480 e. The summed E-state index contributed by atoms with van der Waals surface area (Å²) >= 11 is 12.7. The number of halogens is 3. The standard InChI is InChI=1S/C12H13Cl2FN2O3S/c1-21-3-2-9(11(18)19)17-12(20)16-6-4-7(13)10(15)8(14)5-6/h4-5,9H,2-3H2,1H3,(H,18,19)(H2,16,17,20)/t9-/m1/s1. The summed E-state index contributed by atoms with van der Waals surface area (Å²) in [6.45, 7) is 0. The smallest absolute Gasteiger partial charge is 0.326 e. The number of carbonyl (C=O) groups is 2. The summed E-state index contributed by atoms with van der Waals surface area (Å²) in [6, 6.07) is 0.617. The molecule has 1 rings (SSSR count). The van der Waals surface area contributed by atoms with Crippen LogP contribution < -0.4 is 10.6 Å². The average molecular weight is 355 g/mol. The maximum Gasteiger partial charge on any atom is 0.326 e. The van der Waals surface area contributed by atoms with Gasteiger partial charge in [0.15, 0.2) is 5.82 Å². The lowest BCUT2D eigenvalue weighted by atomic mass is 10.2. The van der Waals surface area contributed by atoms with Gasteiger partial charge in [0.1, 0.15) is 6.04 Å². The van der Waals surface area contributed by atoms with Gasteiger partial charge in [0, 0.05) is 5.69 Å². The van der Waals surface area contributed by atoms with Crippen molar-refractivity contribution < 1.29 is 19.1 Å². The molecule has 1 atom stereocenters. The van der Waals surface area contributed by atoms with E-state index in [0.29, 0.717) is 5.75 Å². The predicted molar refractivity (Wildman–Crippen MR) is 83.0 cm³/mol. The zero-order valence-electron chi connectivity index (χ0n) is 11.0. The van der Waals surface area contributed by atoms with Gasteiger partial charge in [-0.25, -0.2) is 14.0 Å². The molecule has 0 saturated carbocycles. The zero-order chi connectivity index (χ0) is 16.0. The number of carbonyl (C=O) groups excluding carboxylic acids is 1. The molecule has 116 valence electrons. The average Bonchev–Trinajstić information content (AvgIpc) is 2.40. The number of benzene rings is 1. The Morgan fingerprint density at radius 1 is 1.38 bits per heavy atom. The van der Waals surface area contributed by atoms with Crippen LogP contribution in [0.5, 0.6) is 0 Å². The van der Waals surface area contributed by atoms with E-state index < -0.39 is 23.9 Å². The normalized spacial score (nSPS) is 11.8. The summed E-state index contributed by atoms with van der Waals surface area (Å²) in [5, 5.41) is 13.2. The molecule has 21 heavy (non-hydrogen) atoms. The van der Waals surface area contributed by atoms with E-state index in [1.54, 1.807) is 0 Å². The number of thioether (sulfide) groups is 1. The lowest BCUT2D eigenvalue weighted by molar-refractivity contribution is -0.139. The molecular formula is C12H13Cl2FN2O3S. The highest BCUT2D eigenvalue weighted by atomic mass is 35.5. The fourth-order valence-corrected chi connectivity index (χ4v) is 2.40. The third-order valence-corrected chi connectivity index (χ3v) is 3.65. The third kappa shape index (κ3) is 5.61. The summed E-state index contributed by atoms with van der Waals surface area (Å²) in [6.07, 6.45) is 2.12. The number of amides is 2. The molecule has 0 bridgehead atoms. The van der Waals surface area contributed by atoms with Gasteiger partial charge in [-0.15, -0.1) is 0 Å². The van der Waals surface area contributed by atoms with E-state index in [4.69, 9.17) is 28.3 Å². The topological polar surface area (TPSA) is 78.4 Å². The van der Waals surface area contributed by atoms with E-state index in [0.717, 1.165) is 0 Å². The second-order valence-electron chi connectivity index (χ2n) is 4.02. The number of anilines is 1. The van der Waals surface area contributed by atoms with Crippen molar-refractivity contribution in [3.8, 4) is 0 Å². The Balaban J connectivity index is 2.70. The molecule has 3 N–H and O–H groups in total. The summed E-state index contributed by atoms with van der Waals surface area (Å²) < 4.78 is 13.2. The summed E-state index contributed by atoms with van der Waals surface area (Å²) in [7, 11) is 0. The Bertz CT molecular complexity index is 522. The van der Waals surface area contributed by atoms with Crippen molar-refractivity contribution in [3.63, 3.8) is 0 Å². The molecule has 0 spiro atoms. The van der Waals surface area contributed by atoms with Crippen molar-refractivity contribution in [3.05, 3.63) is 28.0 Å². The van der Waals surface area contributed by atoms with Crippen molar-refractivity contribution in [1.82, 2.24) is 5.32 Å². The number of hydrogen-bond donors (Lipinski definition) is 3. The minimum atomic E-state index is -1.13. The van der Waals surface area contributed by atoms with Crippen LogP contribution in [0.4, 0.5) is 14.9 Å². The monoisotopic (exact) mass is 354 g/mol. The van der Waals surface area contributed by atoms with Crippen molar-refractivity contribution in [2.75, 3.05) is 17.3 Å². The molecule has 0 heterocycles. The molecule has 0 aromatic heterocycles. The fraction of sp³-hybridized carbons (Fsp3) is 0.333. The lowest BCUT2D eigenvalue weighted by Crippen LogP contribution is -2.43. The summed E-state index contributed by atoms with van der Waals surface area (Å²) in [5.41, 5.74) is 0.165. The van der Waals surface area contributed by atoms with Gasteiger partial charge in [0.05, 0.1) is 10.0 Å². The van der Waals surface area contributed by atoms with Gasteiger partial charge in [-0.3, -0.25) is 0 Å². The fourth-order valence-electron chi connectivity index (χ4n) is 1.45. The van der Waals surface area contributed by atoms with E-state index in [1.165, 1.54) is 23.9 Å². The van der Waals surface area contributed by atoms with E-state index >= 15 is 0 Å². The molecule has 0 aliphatic rings. The molecule has 0 radical (unpaired) electrons. The molecule has 0 aliphatic carbocycles. The van der Waals surface area contributed by atoms with Gasteiger partial charge in [0.25, 0.3) is 0 Å². The molecule has 1 aromatic carbocycles. The lowest BCUT2D eigenvalue weighted by Gasteiger charge is -2.15. The van der Waals surface area contributed by atoms with E-state index in [2.05, 4.69) is 10.6 Å². The number of aliphatic carboxylic acids is 1. The molecular weight excluding hydrogens is 342 g/mol. The molecule has 5 nitrogen and oxygen atoms in total. The van der Waals surface area contributed by atoms with Gasteiger partial charge in [0.2, 0.25) is 0 Å². The molecule has 0 unspecified atom stereocenters. The first-order valence-corrected chi connectivity index (χ1v) is 7.94.